The van der Waals surface area contributed by atoms with Crippen LogP contribution in [-0.2, 0) is 19.2 Å². The van der Waals surface area contributed by atoms with Crippen molar-refractivity contribution in [2.24, 2.45) is 10.7 Å². The first-order valence-corrected chi connectivity index (χ1v) is 8.87. The van der Waals surface area contributed by atoms with Crippen molar-refractivity contribution in [1.29, 1.82) is 0 Å². The van der Waals surface area contributed by atoms with Crippen LogP contribution < -0.4 is 11.1 Å². The molecule has 0 saturated carbocycles. The van der Waals surface area contributed by atoms with E-state index in [1.165, 1.54) is 0 Å². The van der Waals surface area contributed by atoms with Crippen LogP contribution in [0.5, 0.6) is 0 Å². The highest BCUT2D eigenvalue weighted by molar-refractivity contribution is 8.00. The van der Waals surface area contributed by atoms with Crippen molar-refractivity contribution in [3.8, 4) is 0 Å². The molecule has 0 bridgehead atoms. The van der Waals surface area contributed by atoms with Gasteiger partial charge in [-0.2, -0.15) is 11.8 Å². The minimum Gasteiger partial charge on any atom is -0.370 e. The standard InChI is InChI=1S/C14H20N4O4S/c15-14-16-8-7-23-9(13(8)17-14)3-1-2-4-12(21)22-18-10(19)5-6-11(18)20/h8-9,13H,1-7H2,(H3,15,16,17). The Morgan fingerprint density at radius 1 is 1.35 bits per heavy atom. The molecule has 3 rings (SSSR count). The van der Waals surface area contributed by atoms with E-state index in [0.717, 1.165) is 18.6 Å². The lowest BCUT2D eigenvalue weighted by Crippen LogP contribution is -2.38. The second-order valence-corrected chi connectivity index (χ2v) is 7.19. The summed E-state index contributed by atoms with van der Waals surface area (Å²) >= 11 is 1.88. The highest BCUT2D eigenvalue weighted by atomic mass is 32.2. The van der Waals surface area contributed by atoms with E-state index in [1.54, 1.807) is 0 Å². The van der Waals surface area contributed by atoms with E-state index < -0.39 is 17.8 Å². The summed E-state index contributed by atoms with van der Waals surface area (Å²) in [6, 6.07) is 0.564. The molecule has 3 heterocycles. The van der Waals surface area contributed by atoms with Gasteiger partial charge in [-0.3, -0.25) is 9.59 Å². The fourth-order valence-electron chi connectivity index (χ4n) is 3.05. The molecule has 126 valence electrons. The Balaban J connectivity index is 1.35. The van der Waals surface area contributed by atoms with Crippen molar-refractivity contribution in [1.82, 2.24) is 10.4 Å². The number of rotatable bonds is 6. The average molecular weight is 340 g/mol. The van der Waals surface area contributed by atoms with Gasteiger partial charge in [-0.25, -0.2) is 9.79 Å². The zero-order valence-corrected chi connectivity index (χ0v) is 13.5. The molecular formula is C14H20N4O4S. The number of hydrogen-bond acceptors (Lipinski definition) is 8. The Morgan fingerprint density at radius 2 is 2.09 bits per heavy atom. The number of fused-ring (bicyclic) bond motifs is 1. The predicted molar refractivity (Wildman–Crippen MR) is 84.2 cm³/mol. The molecule has 0 aliphatic carbocycles. The molecule has 23 heavy (non-hydrogen) atoms. The minimum absolute atomic E-state index is 0.116. The number of unbranched alkanes of at least 4 members (excludes halogenated alkanes) is 1. The Morgan fingerprint density at radius 3 is 2.83 bits per heavy atom. The highest BCUT2D eigenvalue weighted by Crippen LogP contribution is 2.35. The molecule has 3 aliphatic rings. The summed E-state index contributed by atoms with van der Waals surface area (Å²) in [5.41, 5.74) is 5.69. The molecule has 3 atom stereocenters. The fourth-order valence-corrected chi connectivity index (χ4v) is 4.56. The Bertz CT molecular complexity index is 537. The SMILES string of the molecule is NC1=NC2C(CSC2CCCCC(=O)ON2C(=O)CCC2=O)N1. The van der Waals surface area contributed by atoms with Gasteiger partial charge in [0.1, 0.15) is 0 Å². The van der Waals surface area contributed by atoms with Crippen LogP contribution in [0, 0.1) is 0 Å². The molecule has 0 radical (unpaired) electrons. The van der Waals surface area contributed by atoms with Gasteiger partial charge < -0.3 is 15.9 Å². The number of hydrogen-bond donors (Lipinski definition) is 2. The number of aliphatic imine (C=N–C) groups is 1. The first kappa shape index (κ1) is 16.1. The van der Waals surface area contributed by atoms with Gasteiger partial charge in [0.25, 0.3) is 11.8 Å². The first-order valence-electron chi connectivity index (χ1n) is 7.82. The van der Waals surface area contributed by atoms with Gasteiger partial charge in [-0.15, -0.1) is 5.06 Å². The monoisotopic (exact) mass is 340 g/mol. The second kappa shape index (κ2) is 6.77. The molecule has 3 unspecified atom stereocenters. The van der Waals surface area contributed by atoms with Gasteiger partial charge in [0, 0.05) is 30.3 Å². The van der Waals surface area contributed by atoms with Crippen LogP contribution in [0.4, 0.5) is 0 Å². The summed E-state index contributed by atoms with van der Waals surface area (Å²) in [7, 11) is 0. The molecule has 9 heteroatoms. The van der Waals surface area contributed by atoms with Crippen LogP contribution in [0.25, 0.3) is 0 Å². The fraction of sp³-hybridized carbons (Fsp3) is 0.714. The third-order valence-electron chi connectivity index (χ3n) is 4.22. The molecule has 2 amide bonds. The number of thioether (sulfide) groups is 1. The molecule has 3 aliphatic heterocycles. The third-order valence-corrected chi connectivity index (χ3v) is 5.72. The van der Waals surface area contributed by atoms with Gasteiger partial charge in [0.2, 0.25) is 0 Å². The molecule has 2 saturated heterocycles. The molecule has 0 aromatic carbocycles. The zero-order chi connectivity index (χ0) is 16.4. The summed E-state index contributed by atoms with van der Waals surface area (Å²) in [6.07, 6.45) is 2.92. The van der Waals surface area contributed by atoms with E-state index in [0.29, 0.717) is 28.7 Å². The zero-order valence-electron chi connectivity index (χ0n) is 12.7. The molecule has 0 aromatic rings. The number of hydroxylamine groups is 2. The van der Waals surface area contributed by atoms with Gasteiger partial charge in [-0.1, -0.05) is 6.42 Å². The highest BCUT2D eigenvalue weighted by Gasteiger charge is 2.40. The number of carbonyl (C=O) groups excluding carboxylic acids is 3. The molecule has 0 spiro atoms. The number of carbonyl (C=O) groups is 3. The normalized spacial score (nSPS) is 29.5. The van der Waals surface area contributed by atoms with Gasteiger partial charge in [0.05, 0.1) is 12.1 Å². The van der Waals surface area contributed by atoms with E-state index in [4.69, 9.17) is 10.6 Å². The number of nitrogens with one attached hydrogen (secondary N) is 1. The lowest BCUT2D eigenvalue weighted by atomic mass is 10.0. The Hall–Kier alpha value is -1.77. The van der Waals surface area contributed by atoms with Crippen molar-refractivity contribution < 1.29 is 19.2 Å². The lowest BCUT2D eigenvalue weighted by molar-refractivity contribution is -0.197. The lowest BCUT2D eigenvalue weighted by Gasteiger charge is -2.15. The first-order chi connectivity index (χ1) is 11.0. The number of guanidine groups is 1. The summed E-state index contributed by atoms with van der Waals surface area (Å²) in [5.74, 6) is 0.104. The summed E-state index contributed by atoms with van der Waals surface area (Å²) in [5, 5.41) is 4.19. The average Bonchev–Trinajstić information content (AvgIpc) is 3.14. The van der Waals surface area contributed by atoms with Crippen molar-refractivity contribution >= 4 is 35.5 Å². The number of amides is 2. The number of imide groups is 1. The van der Waals surface area contributed by atoms with E-state index in [2.05, 4.69) is 10.3 Å². The van der Waals surface area contributed by atoms with Crippen LogP contribution in [-0.4, -0.2) is 51.9 Å². The van der Waals surface area contributed by atoms with Crippen LogP contribution in [0.3, 0.4) is 0 Å². The molecule has 8 nitrogen and oxygen atoms in total. The van der Waals surface area contributed by atoms with E-state index in [-0.39, 0.29) is 25.3 Å². The quantitative estimate of drug-likeness (QED) is 0.513. The largest absolute Gasteiger partial charge is 0.370 e. The Kier molecular flexibility index (Phi) is 4.74. The van der Waals surface area contributed by atoms with Gasteiger partial charge in [-0.05, 0) is 12.8 Å². The topological polar surface area (TPSA) is 114 Å². The van der Waals surface area contributed by atoms with Crippen molar-refractivity contribution in [2.75, 3.05) is 5.75 Å². The van der Waals surface area contributed by atoms with Crippen LogP contribution >= 0.6 is 11.8 Å². The van der Waals surface area contributed by atoms with E-state index in [9.17, 15) is 14.4 Å². The van der Waals surface area contributed by atoms with Crippen molar-refractivity contribution in [3.05, 3.63) is 0 Å². The van der Waals surface area contributed by atoms with E-state index in [1.807, 2.05) is 11.8 Å². The number of nitrogens with two attached hydrogens (primary N) is 1. The third kappa shape index (κ3) is 3.60. The summed E-state index contributed by atoms with van der Waals surface area (Å²) in [4.78, 5) is 43.6. The molecular weight excluding hydrogens is 320 g/mol. The summed E-state index contributed by atoms with van der Waals surface area (Å²) < 4.78 is 0. The van der Waals surface area contributed by atoms with Crippen molar-refractivity contribution in [2.45, 2.75) is 55.9 Å². The van der Waals surface area contributed by atoms with Crippen LogP contribution in [0.1, 0.15) is 38.5 Å². The Labute approximate surface area is 138 Å². The maximum absolute atomic E-state index is 11.7. The van der Waals surface area contributed by atoms with Crippen LogP contribution in [0.15, 0.2) is 4.99 Å². The van der Waals surface area contributed by atoms with Crippen LogP contribution in [0.2, 0.25) is 0 Å². The smallest absolute Gasteiger partial charge is 0.333 e. The maximum Gasteiger partial charge on any atom is 0.333 e. The molecule has 2 fully saturated rings. The second-order valence-electron chi connectivity index (χ2n) is 5.92. The molecule has 3 N–H and O–H groups in total. The van der Waals surface area contributed by atoms with Gasteiger partial charge >= 0.3 is 5.97 Å². The maximum atomic E-state index is 11.7. The van der Waals surface area contributed by atoms with E-state index >= 15 is 0 Å². The van der Waals surface area contributed by atoms with Crippen molar-refractivity contribution in [3.63, 3.8) is 0 Å². The van der Waals surface area contributed by atoms with Gasteiger partial charge in [0.15, 0.2) is 5.96 Å². The number of nitrogens with zero attached hydrogens (tertiary/aromatic N) is 2. The minimum atomic E-state index is -0.532. The summed E-state index contributed by atoms with van der Waals surface area (Å²) in [6.45, 7) is 0. The predicted octanol–water partition coefficient (Wildman–Crippen LogP) is -0.0755. The molecule has 0 aromatic heterocycles.